The molecule has 0 spiro atoms. The number of phenolic OH excluding ortho intramolecular Hbond substituents is 1. The van der Waals surface area contributed by atoms with Crippen molar-refractivity contribution in [2.75, 3.05) is 4.90 Å². The van der Waals surface area contributed by atoms with Gasteiger partial charge in [0.05, 0.1) is 29.1 Å². The van der Waals surface area contributed by atoms with Crippen molar-refractivity contribution < 1.29 is 19.5 Å². The number of anilines is 1. The normalized spacial score (nSPS) is 21.1. The summed E-state index contributed by atoms with van der Waals surface area (Å²) in [4.78, 5) is 52.6. The third-order valence-electron chi connectivity index (χ3n) is 6.30. The van der Waals surface area contributed by atoms with Gasteiger partial charge in [-0.2, -0.15) is 0 Å². The van der Waals surface area contributed by atoms with Crippen molar-refractivity contribution in [2.24, 2.45) is 11.8 Å². The van der Waals surface area contributed by atoms with Gasteiger partial charge in [0.15, 0.2) is 0 Å². The van der Waals surface area contributed by atoms with Crippen LogP contribution >= 0.6 is 0 Å². The molecule has 0 bridgehead atoms. The number of phenols is 1. The largest absolute Gasteiger partial charge is 0.506 e. The second-order valence-electron chi connectivity index (χ2n) is 8.33. The minimum absolute atomic E-state index is 0.00417. The zero-order valence-corrected chi connectivity index (χ0v) is 16.9. The van der Waals surface area contributed by atoms with E-state index in [2.05, 4.69) is 15.0 Å². The van der Waals surface area contributed by atoms with Crippen LogP contribution in [0.4, 0.5) is 5.69 Å². The fraction of sp³-hybridized carbons (Fsp3) is 0.208. The standard InChI is InChI=1S/C24H18N4O4/c29-18-3-1-2-12-6-8-16(27-20(12)18)21-19(22(30)13-4-5-13)23(31)24(32)28(21)14-7-9-15-17(10-14)26-11-25-15/h1-3,6-11,13,19,21,29H,4-5H2,(H,25,26). The summed E-state index contributed by atoms with van der Waals surface area (Å²) in [5, 5.41) is 11.0. The van der Waals surface area contributed by atoms with Gasteiger partial charge < -0.3 is 10.1 Å². The van der Waals surface area contributed by atoms with Crippen molar-refractivity contribution in [3.8, 4) is 5.75 Å². The van der Waals surface area contributed by atoms with Crippen LogP contribution in [0.5, 0.6) is 5.75 Å². The van der Waals surface area contributed by atoms with E-state index in [1.54, 1.807) is 42.7 Å². The first kappa shape index (κ1) is 18.7. The highest BCUT2D eigenvalue weighted by Crippen LogP contribution is 2.45. The number of ketones is 2. The molecule has 3 heterocycles. The lowest BCUT2D eigenvalue weighted by Gasteiger charge is -2.26. The maximum Gasteiger partial charge on any atom is 0.295 e. The summed E-state index contributed by atoms with van der Waals surface area (Å²) in [5.74, 6) is -2.97. The molecule has 32 heavy (non-hydrogen) atoms. The monoisotopic (exact) mass is 426 g/mol. The number of carbonyl (C=O) groups excluding carboxylic acids is 3. The SMILES string of the molecule is O=C1C(=O)N(c2ccc3nc[nH]c3c2)C(c2ccc3cccc(O)c3n2)C1C(=O)C1CC1. The highest BCUT2D eigenvalue weighted by atomic mass is 16.3. The smallest absolute Gasteiger partial charge is 0.295 e. The van der Waals surface area contributed by atoms with E-state index in [1.807, 2.05) is 6.07 Å². The van der Waals surface area contributed by atoms with Crippen LogP contribution in [-0.2, 0) is 14.4 Å². The Hall–Kier alpha value is -4.07. The number of fused-ring (bicyclic) bond motifs is 2. The Balaban J connectivity index is 1.55. The predicted molar refractivity (Wildman–Crippen MR) is 116 cm³/mol. The third-order valence-corrected chi connectivity index (χ3v) is 6.30. The Bertz CT molecular complexity index is 1440. The lowest BCUT2D eigenvalue weighted by Crippen LogP contribution is -2.31. The molecule has 2 unspecified atom stereocenters. The first-order valence-electron chi connectivity index (χ1n) is 10.5. The first-order valence-corrected chi connectivity index (χ1v) is 10.5. The summed E-state index contributed by atoms with van der Waals surface area (Å²) < 4.78 is 0. The number of rotatable bonds is 4. The molecule has 2 fully saturated rings. The fourth-order valence-electron chi connectivity index (χ4n) is 4.54. The van der Waals surface area contributed by atoms with E-state index in [-0.39, 0.29) is 17.5 Å². The highest BCUT2D eigenvalue weighted by molar-refractivity contribution is 6.48. The predicted octanol–water partition coefficient (Wildman–Crippen LogP) is 3.07. The number of hydrogen-bond acceptors (Lipinski definition) is 6. The van der Waals surface area contributed by atoms with Gasteiger partial charge in [-0.05, 0) is 43.2 Å². The number of imidazole rings is 1. The molecule has 2 aliphatic rings. The number of aromatic amines is 1. The van der Waals surface area contributed by atoms with E-state index in [0.717, 1.165) is 23.7 Å². The van der Waals surface area contributed by atoms with Gasteiger partial charge in [0.2, 0.25) is 5.78 Å². The van der Waals surface area contributed by atoms with E-state index in [1.165, 1.54) is 11.0 Å². The number of nitrogens with zero attached hydrogens (tertiary/aromatic N) is 3. The topological polar surface area (TPSA) is 116 Å². The molecule has 0 radical (unpaired) electrons. The zero-order chi connectivity index (χ0) is 22.0. The number of H-pyrrole nitrogens is 1. The Labute approximate surface area is 181 Å². The highest BCUT2D eigenvalue weighted by Gasteiger charge is 2.55. The maximum absolute atomic E-state index is 13.2. The van der Waals surface area contributed by atoms with Crippen molar-refractivity contribution in [2.45, 2.75) is 18.9 Å². The second-order valence-corrected chi connectivity index (χ2v) is 8.33. The van der Waals surface area contributed by atoms with Gasteiger partial charge in [0.1, 0.15) is 23.0 Å². The van der Waals surface area contributed by atoms with E-state index < -0.39 is 23.7 Å². The molecule has 158 valence electrons. The van der Waals surface area contributed by atoms with E-state index in [9.17, 15) is 19.5 Å². The molecule has 2 aromatic carbocycles. The average molecular weight is 426 g/mol. The number of nitrogens with one attached hydrogen (secondary N) is 1. The quantitative estimate of drug-likeness (QED) is 0.383. The van der Waals surface area contributed by atoms with Crippen LogP contribution in [0.25, 0.3) is 21.9 Å². The Morgan fingerprint density at radius 3 is 2.75 bits per heavy atom. The zero-order valence-electron chi connectivity index (χ0n) is 16.9. The van der Waals surface area contributed by atoms with Crippen LogP contribution in [-0.4, -0.2) is 37.5 Å². The van der Waals surface area contributed by atoms with Crippen LogP contribution in [0.1, 0.15) is 24.6 Å². The molecular weight excluding hydrogens is 408 g/mol. The molecule has 1 amide bonds. The molecule has 2 N–H and O–H groups in total. The fourth-order valence-corrected chi connectivity index (χ4v) is 4.54. The number of aromatic nitrogens is 3. The number of aromatic hydroxyl groups is 1. The van der Waals surface area contributed by atoms with Crippen LogP contribution in [0.2, 0.25) is 0 Å². The van der Waals surface area contributed by atoms with Crippen LogP contribution in [0, 0.1) is 11.8 Å². The first-order chi connectivity index (χ1) is 15.5. The minimum atomic E-state index is -1.12. The summed E-state index contributed by atoms with van der Waals surface area (Å²) >= 11 is 0. The van der Waals surface area contributed by atoms with Crippen molar-refractivity contribution in [3.05, 3.63) is 60.6 Å². The van der Waals surface area contributed by atoms with Crippen molar-refractivity contribution in [3.63, 3.8) is 0 Å². The summed E-state index contributed by atoms with van der Waals surface area (Å²) in [6.45, 7) is 0. The Morgan fingerprint density at radius 1 is 1.09 bits per heavy atom. The number of hydrogen-bond donors (Lipinski definition) is 2. The molecule has 1 aliphatic carbocycles. The number of amides is 1. The van der Waals surface area contributed by atoms with Crippen LogP contribution in [0.3, 0.4) is 0 Å². The van der Waals surface area contributed by atoms with E-state index >= 15 is 0 Å². The number of carbonyl (C=O) groups is 3. The van der Waals surface area contributed by atoms with Gasteiger partial charge in [0.25, 0.3) is 5.91 Å². The molecular formula is C24H18N4O4. The Kier molecular flexibility index (Phi) is 3.92. The summed E-state index contributed by atoms with van der Waals surface area (Å²) in [7, 11) is 0. The number of Topliss-reactive ketones (excluding diaryl/α,β-unsaturated/α-hetero) is 2. The van der Waals surface area contributed by atoms with Gasteiger partial charge in [-0.25, -0.2) is 9.97 Å². The number of pyridine rings is 1. The van der Waals surface area contributed by atoms with Gasteiger partial charge in [-0.15, -0.1) is 0 Å². The molecule has 8 nitrogen and oxygen atoms in total. The summed E-state index contributed by atoms with van der Waals surface area (Å²) in [5.41, 5.74) is 2.67. The van der Waals surface area contributed by atoms with Gasteiger partial charge in [-0.1, -0.05) is 18.2 Å². The molecule has 8 heteroatoms. The molecule has 1 aliphatic heterocycles. The van der Waals surface area contributed by atoms with E-state index in [0.29, 0.717) is 22.4 Å². The molecule has 2 aromatic heterocycles. The minimum Gasteiger partial charge on any atom is -0.506 e. The Morgan fingerprint density at radius 2 is 1.94 bits per heavy atom. The molecule has 4 aromatic rings. The number of benzene rings is 2. The third kappa shape index (κ3) is 2.72. The molecule has 1 saturated heterocycles. The van der Waals surface area contributed by atoms with Crippen molar-refractivity contribution >= 4 is 45.1 Å². The molecule has 6 rings (SSSR count). The maximum atomic E-state index is 13.2. The van der Waals surface area contributed by atoms with Crippen molar-refractivity contribution in [1.29, 1.82) is 0 Å². The summed E-state index contributed by atoms with van der Waals surface area (Å²) in [6, 6.07) is 12.9. The van der Waals surface area contributed by atoms with Gasteiger partial charge in [0, 0.05) is 17.0 Å². The van der Waals surface area contributed by atoms with Crippen LogP contribution < -0.4 is 4.90 Å². The van der Waals surface area contributed by atoms with Crippen molar-refractivity contribution in [1.82, 2.24) is 15.0 Å². The van der Waals surface area contributed by atoms with Gasteiger partial charge in [-0.3, -0.25) is 19.3 Å². The lowest BCUT2D eigenvalue weighted by molar-refractivity contribution is -0.139. The van der Waals surface area contributed by atoms with Gasteiger partial charge >= 0.3 is 0 Å². The lowest BCUT2D eigenvalue weighted by atomic mass is 9.89. The number of para-hydroxylation sites is 1. The summed E-state index contributed by atoms with van der Waals surface area (Å²) in [6.07, 6.45) is 3.01. The second kappa shape index (κ2) is 6.71. The average Bonchev–Trinajstić information content (AvgIpc) is 3.49. The molecule has 1 saturated carbocycles. The molecule has 2 atom stereocenters. The van der Waals surface area contributed by atoms with Crippen LogP contribution in [0.15, 0.2) is 54.9 Å². The van der Waals surface area contributed by atoms with E-state index in [4.69, 9.17) is 0 Å².